The van der Waals surface area contributed by atoms with E-state index in [1.165, 1.54) is 55.3 Å². The average Bonchev–Trinajstić information content (AvgIpc) is 2.93. The van der Waals surface area contributed by atoms with E-state index in [1.54, 1.807) is 6.07 Å². The van der Waals surface area contributed by atoms with E-state index in [4.69, 9.17) is 9.47 Å². The van der Waals surface area contributed by atoms with E-state index >= 15 is 0 Å². The maximum absolute atomic E-state index is 13.4. The third kappa shape index (κ3) is 6.12. The SMILES string of the molecule is CN1CCN(c2ccc(Nc3ncc4c(n3)N(c3cccc([N+](=O)[O-])c3)C(=O)C(C)(C)O4)c(OCC(F)(F)F)n2)CC1. The number of nitro benzene ring substituents is 1. The minimum absolute atomic E-state index is 0.0166. The molecule has 0 aliphatic carbocycles. The monoisotopic (exact) mass is 588 g/mol. The normalized spacial score (nSPS) is 17.0. The van der Waals surface area contributed by atoms with Crippen LogP contribution in [0.5, 0.6) is 11.6 Å². The van der Waals surface area contributed by atoms with Crippen molar-refractivity contribution in [1.82, 2.24) is 19.9 Å². The first-order valence-electron chi connectivity index (χ1n) is 12.9. The van der Waals surface area contributed by atoms with Gasteiger partial charge in [-0.3, -0.25) is 19.8 Å². The van der Waals surface area contributed by atoms with Crippen LogP contribution in [0.25, 0.3) is 0 Å². The number of amides is 1. The fourth-order valence-electron chi connectivity index (χ4n) is 4.44. The van der Waals surface area contributed by atoms with Crippen LogP contribution in [-0.4, -0.2) is 82.3 Å². The summed E-state index contributed by atoms with van der Waals surface area (Å²) in [7, 11) is 1.98. The summed E-state index contributed by atoms with van der Waals surface area (Å²) in [5.74, 6) is -0.408. The fraction of sp³-hybridized carbons (Fsp3) is 0.385. The summed E-state index contributed by atoms with van der Waals surface area (Å²) in [6.07, 6.45) is -3.31. The second-order valence-corrected chi connectivity index (χ2v) is 10.3. The molecule has 1 saturated heterocycles. The molecule has 2 aromatic heterocycles. The molecule has 1 amide bonds. The van der Waals surface area contributed by atoms with Crippen LogP contribution in [0.2, 0.25) is 0 Å². The Morgan fingerprint density at radius 1 is 1.14 bits per heavy atom. The van der Waals surface area contributed by atoms with Gasteiger partial charge in [0.15, 0.2) is 23.8 Å². The van der Waals surface area contributed by atoms with E-state index in [0.717, 1.165) is 13.1 Å². The first-order chi connectivity index (χ1) is 19.8. The Balaban J connectivity index is 1.50. The van der Waals surface area contributed by atoms with Crippen LogP contribution in [0.4, 0.5) is 47.8 Å². The van der Waals surface area contributed by atoms with Crippen molar-refractivity contribution in [3.05, 3.63) is 52.7 Å². The van der Waals surface area contributed by atoms with Gasteiger partial charge in [0, 0.05) is 38.3 Å². The predicted molar refractivity (Wildman–Crippen MR) is 146 cm³/mol. The Morgan fingerprint density at radius 2 is 1.88 bits per heavy atom. The molecule has 222 valence electrons. The molecule has 0 saturated carbocycles. The number of hydrogen-bond acceptors (Lipinski definition) is 11. The fourth-order valence-corrected chi connectivity index (χ4v) is 4.44. The molecule has 42 heavy (non-hydrogen) atoms. The molecule has 3 aromatic rings. The van der Waals surface area contributed by atoms with Crippen molar-refractivity contribution in [2.75, 3.05) is 55.0 Å². The number of nitrogens with zero attached hydrogens (tertiary/aromatic N) is 7. The van der Waals surface area contributed by atoms with Crippen LogP contribution in [0.15, 0.2) is 42.6 Å². The molecule has 1 N–H and O–H groups in total. The van der Waals surface area contributed by atoms with Crippen molar-refractivity contribution in [3.63, 3.8) is 0 Å². The maximum atomic E-state index is 13.4. The molecule has 0 bridgehead atoms. The Hall–Kier alpha value is -4.73. The molecule has 13 nitrogen and oxygen atoms in total. The number of piperazine rings is 1. The summed E-state index contributed by atoms with van der Waals surface area (Å²) in [6, 6.07) is 8.61. The number of aromatic nitrogens is 3. The molecular weight excluding hydrogens is 561 g/mol. The number of non-ortho nitro benzene ring substituents is 1. The number of benzene rings is 1. The highest BCUT2D eigenvalue weighted by Crippen LogP contribution is 2.42. The number of hydrogen-bond donors (Lipinski definition) is 1. The molecule has 0 atom stereocenters. The van der Waals surface area contributed by atoms with Gasteiger partial charge in [-0.1, -0.05) is 6.07 Å². The van der Waals surface area contributed by atoms with Crippen molar-refractivity contribution in [2.45, 2.75) is 25.6 Å². The number of likely N-dealkylation sites (N-methyl/N-ethyl adjacent to an activating group) is 1. The van der Waals surface area contributed by atoms with E-state index in [0.29, 0.717) is 18.9 Å². The first-order valence-corrected chi connectivity index (χ1v) is 12.9. The summed E-state index contributed by atoms with van der Waals surface area (Å²) < 4.78 is 50.1. The smallest absolute Gasteiger partial charge is 0.422 e. The second kappa shape index (κ2) is 10.9. The quantitative estimate of drug-likeness (QED) is 0.316. The average molecular weight is 589 g/mol. The first kappa shape index (κ1) is 28.8. The number of carbonyl (C=O) groups excluding carboxylic acids is 1. The number of anilines is 5. The third-order valence-electron chi connectivity index (χ3n) is 6.62. The van der Waals surface area contributed by atoms with Crippen LogP contribution in [0.1, 0.15) is 13.8 Å². The Kier molecular flexibility index (Phi) is 7.49. The van der Waals surface area contributed by atoms with Gasteiger partial charge in [0.2, 0.25) is 11.8 Å². The summed E-state index contributed by atoms with van der Waals surface area (Å²) in [6.45, 7) is 4.31. The predicted octanol–water partition coefficient (Wildman–Crippen LogP) is 4.05. The van der Waals surface area contributed by atoms with Gasteiger partial charge in [0.05, 0.1) is 16.8 Å². The number of nitro groups is 1. The molecular formula is C26H27F3N8O5. The minimum Gasteiger partial charge on any atom is -0.472 e. The number of nitrogens with one attached hydrogen (secondary N) is 1. The standard InChI is InChI=1S/C26H27F3N8O5/c1-25(2)23(38)36(16-5-4-6-17(13-16)37(39)40)21-19(42-25)14-30-24(33-21)31-18-7-8-20(35-11-9-34(3)10-12-35)32-22(18)41-15-26(27,28)29/h4-8,13-14H,9-12,15H2,1-3H3,(H,30,31,33). The number of carbonyl (C=O) groups is 1. The summed E-state index contributed by atoms with van der Waals surface area (Å²) in [5.41, 5.74) is -1.36. The van der Waals surface area contributed by atoms with Crippen molar-refractivity contribution < 1.29 is 32.4 Å². The second-order valence-electron chi connectivity index (χ2n) is 10.3. The molecule has 2 aliphatic heterocycles. The number of alkyl halides is 3. The van der Waals surface area contributed by atoms with E-state index in [2.05, 4.69) is 25.2 Å². The van der Waals surface area contributed by atoms with Gasteiger partial charge in [-0.05, 0) is 39.1 Å². The van der Waals surface area contributed by atoms with Gasteiger partial charge in [0.25, 0.3) is 11.6 Å². The highest BCUT2D eigenvalue weighted by atomic mass is 19.4. The summed E-state index contributed by atoms with van der Waals surface area (Å²) in [5, 5.41) is 14.2. The van der Waals surface area contributed by atoms with Crippen LogP contribution in [0.3, 0.4) is 0 Å². The van der Waals surface area contributed by atoms with E-state index in [-0.39, 0.29) is 40.5 Å². The van der Waals surface area contributed by atoms with Gasteiger partial charge < -0.3 is 24.6 Å². The van der Waals surface area contributed by atoms with Crippen LogP contribution in [0, 0.1) is 10.1 Å². The molecule has 2 aliphatic rings. The van der Waals surface area contributed by atoms with Crippen molar-refractivity contribution in [3.8, 4) is 11.6 Å². The highest BCUT2D eigenvalue weighted by molar-refractivity contribution is 6.07. The van der Waals surface area contributed by atoms with Crippen molar-refractivity contribution in [1.29, 1.82) is 0 Å². The minimum atomic E-state index is -4.60. The van der Waals surface area contributed by atoms with Gasteiger partial charge in [0.1, 0.15) is 11.5 Å². The Labute approximate surface area is 238 Å². The molecule has 5 rings (SSSR count). The van der Waals surface area contributed by atoms with E-state index in [1.807, 2.05) is 11.9 Å². The van der Waals surface area contributed by atoms with Gasteiger partial charge in [-0.2, -0.15) is 23.1 Å². The largest absolute Gasteiger partial charge is 0.472 e. The molecule has 1 fully saturated rings. The lowest BCUT2D eigenvalue weighted by Gasteiger charge is -2.37. The molecule has 4 heterocycles. The maximum Gasteiger partial charge on any atom is 0.422 e. The molecule has 16 heteroatoms. The zero-order valence-corrected chi connectivity index (χ0v) is 22.9. The van der Waals surface area contributed by atoms with Crippen molar-refractivity contribution >= 4 is 40.6 Å². The Morgan fingerprint density at radius 3 is 2.57 bits per heavy atom. The summed E-state index contributed by atoms with van der Waals surface area (Å²) in [4.78, 5) is 42.4. The zero-order valence-electron chi connectivity index (χ0n) is 22.9. The van der Waals surface area contributed by atoms with Gasteiger partial charge in [-0.25, -0.2) is 4.98 Å². The number of rotatable bonds is 7. The lowest BCUT2D eigenvalue weighted by Crippen LogP contribution is -2.51. The van der Waals surface area contributed by atoms with Crippen LogP contribution >= 0.6 is 0 Å². The third-order valence-corrected chi connectivity index (χ3v) is 6.62. The van der Waals surface area contributed by atoms with Crippen molar-refractivity contribution in [2.24, 2.45) is 0 Å². The molecule has 0 spiro atoms. The molecule has 1 aromatic carbocycles. The zero-order chi connectivity index (χ0) is 30.2. The number of pyridine rings is 1. The highest BCUT2D eigenvalue weighted by Gasteiger charge is 2.43. The van der Waals surface area contributed by atoms with Gasteiger partial charge >= 0.3 is 6.18 Å². The topological polar surface area (TPSA) is 139 Å². The molecule has 0 unspecified atom stereocenters. The summed E-state index contributed by atoms with van der Waals surface area (Å²) >= 11 is 0. The van der Waals surface area contributed by atoms with Crippen LogP contribution < -0.4 is 24.6 Å². The number of fused-ring (bicyclic) bond motifs is 1. The lowest BCUT2D eigenvalue weighted by molar-refractivity contribution is -0.384. The Bertz CT molecular complexity index is 1510. The number of halogens is 3. The lowest BCUT2D eigenvalue weighted by atomic mass is 10.0. The van der Waals surface area contributed by atoms with Crippen LogP contribution in [-0.2, 0) is 4.79 Å². The number of ether oxygens (including phenoxy) is 2. The van der Waals surface area contributed by atoms with E-state index < -0.39 is 29.2 Å². The molecule has 0 radical (unpaired) electrons. The van der Waals surface area contributed by atoms with Gasteiger partial charge in [-0.15, -0.1) is 0 Å². The van der Waals surface area contributed by atoms with E-state index in [9.17, 15) is 28.1 Å².